The van der Waals surface area contributed by atoms with Gasteiger partial charge in [-0.3, -0.25) is 9.69 Å². The average Bonchev–Trinajstić information content (AvgIpc) is 3.00. The molecule has 4 heteroatoms. The lowest BCUT2D eigenvalue weighted by molar-refractivity contribution is -0.131. The van der Waals surface area contributed by atoms with E-state index in [9.17, 15) is 4.79 Å². The van der Waals surface area contributed by atoms with Crippen LogP contribution in [0.2, 0.25) is 5.02 Å². The first-order valence-corrected chi connectivity index (χ1v) is 9.21. The zero-order valence-electron chi connectivity index (χ0n) is 14.0. The second-order valence-corrected chi connectivity index (χ2v) is 7.85. The molecule has 1 aromatic carbocycles. The molecule has 1 heterocycles. The van der Waals surface area contributed by atoms with Crippen molar-refractivity contribution < 1.29 is 4.79 Å². The summed E-state index contributed by atoms with van der Waals surface area (Å²) in [6.45, 7) is 5.19. The van der Waals surface area contributed by atoms with Gasteiger partial charge in [-0.1, -0.05) is 43.5 Å². The lowest BCUT2D eigenvalue weighted by atomic mass is 9.87. The van der Waals surface area contributed by atoms with Crippen molar-refractivity contribution in [2.75, 3.05) is 13.1 Å². The molecule has 1 amide bonds. The van der Waals surface area contributed by atoms with E-state index in [1.54, 1.807) is 0 Å². The molecule has 0 unspecified atom stereocenters. The van der Waals surface area contributed by atoms with E-state index in [1.165, 1.54) is 18.4 Å². The first-order chi connectivity index (χ1) is 11.0. The quantitative estimate of drug-likeness (QED) is 0.902. The number of benzene rings is 1. The second kappa shape index (κ2) is 7.23. The summed E-state index contributed by atoms with van der Waals surface area (Å²) in [6.07, 6.45) is 6.60. The Morgan fingerprint density at radius 2 is 1.83 bits per heavy atom. The fourth-order valence-corrected chi connectivity index (χ4v) is 3.95. The van der Waals surface area contributed by atoms with Gasteiger partial charge in [-0.2, -0.15) is 0 Å². The first-order valence-electron chi connectivity index (χ1n) is 8.83. The Kier molecular flexibility index (Phi) is 5.27. The Labute approximate surface area is 144 Å². The van der Waals surface area contributed by atoms with Gasteiger partial charge in [-0.15, -0.1) is 0 Å². The maximum atomic E-state index is 12.5. The minimum Gasteiger partial charge on any atom is -0.353 e. The zero-order chi connectivity index (χ0) is 16.3. The molecular weight excluding hydrogens is 308 g/mol. The third-order valence-electron chi connectivity index (χ3n) is 5.50. The molecule has 23 heavy (non-hydrogen) atoms. The molecule has 0 radical (unpaired) electrons. The number of piperidine rings is 1. The molecule has 3 rings (SSSR count). The number of nitrogens with zero attached hydrogens (tertiary/aromatic N) is 1. The molecule has 1 aliphatic heterocycles. The first kappa shape index (κ1) is 16.8. The largest absolute Gasteiger partial charge is 0.353 e. The van der Waals surface area contributed by atoms with Crippen molar-refractivity contribution in [1.29, 1.82) is 0 Å². The van der Waals surface area contributed by atoms with Crippen LogP contribution in [0.5, 0.6) is 0 Å². The average molecular weight is 335 g/mol. The molecule has 1 aliphatic carbocycles. The van der Waals surface area contributed by atoms with Crippen molar-refractivity contribution in [1.82, 2.24) is 10.2 Å². The summed E-state index contributed by atoms with van der Waals surface area (Å²) in [5, 5.41) is 4.10. The van der Waals surface area contributed by atoms with Gasteiger partial charge in [0.25, 0.3) is 0 Å². The van der Waals surface area contributed by atoms with Gasteiger partial charge in [0.2, 0.25) is 5.91 Å². The number of carbonyl (C=O) groups is 1. The number of halogens is 1. The third-order valence-corrected chi connectivity index (χ3v) is 5.75. The summed E-state index contributed by atoms with van der Waals surface area (Å²) in [6, 6.07) is 8.44. The Hall–Kier alpha value is -1.06. The number of rotatable bonds is 4. The van der Waals surface area contributed by atoms with E-state index in [0.717, 1.165) is 50.3 Å². The van der Waals surface area contributed by atoms with Gasteiger partial charge in [-0.05, 0) is 43.4 Å². The summed E-state index contributed by atoms with van der Waals surface area (Å²) in [7, 11) is 0. The van der Waals surface area contributed by atoms with Gasteiger partial charge >= 0.3 is 0 Å². The zero-order valence-corrected chi connectivity index (χ0v) is 14.7. The lowest BCUT2D eigenvalue weighted by Gasteiger charge is -2.34. The fourth-order valence-electron chi connectivity index (χ4n) is 3.83. The summed E-state index contributed by atoms with van der Waals surface area (Å²) >= 11 is 5.93. The van der Waals surface area contributed by atoms with Crippen molar-refractivity contribution in [2.24, 2.45) is 5.41 Å². The molecular formula is C19H27ClN2O. The fraction of sp³-hybridized carbons (Fsp3) is 0.632. The molecule has 1 N–H and O–H groups in total. The van der Waals surface area contributed by atoms with Gasteiger partial charge in [0.15, 0.2) is 0 Å². The maximum absolute atomic E-state index is 12.5. The SMILES string of the molecule is CC1(C(=O)NC2CCN(Cc3ccc(Cl)cc3)CC2)CCCC1. The highest BCUT2D eigenvalue weighted by atomic mass is 35.5. The monoisotopic (exact) mass is 334 g/mol. The van der Waals surface area contributed by atoms with Crippen LogP contribution in [0.3, 0.4) is 0 Å². The molecule has 3 nitrogen and oxygen atoms in total. The molecule has 2 fully saturated rings. The van der Waals surface area contributed by atoms with Crippen LogP contribution in [0, 0.1) is 5.41 Å². The summed E-state index contributed by atoms with van der Waals surface area (Å²) in [4.78, 5) is 15.0. The number of hydrogen-bond donors (Lipinski definition) is 1. The Balaban J connectivity index is 1.45. The Morgan fingerprint density at radius 1 is 1.22 bits per heavy atom. The van der Waals surface area contributed by atoms with Gasteiger partial charge < -0.3 is 5.32 Å². The normalized spacial score (nSPS) is 22.2. The van der Waals surface area contributed by atoms with Crippen LogP contribution in [0.25, 0.3) is 0 Å². The molecule has 1 saturated carbocycles. The third kappa shape index (κ3) is 4.27. The summed E-state index contributed by atoms with van der Waals surface area (Å²) in [5.41, 5.74) is 1.19. The van der Waals surface area contributed by atoms with Crippen molar-refractivity contribution in [2.45, 2.75) is 58.0 Å². The van der Waals surface area contributed by atoms with E-state index in [0.29, 0.717) is 6.04 Å². The van der Waals surface area contributed by atoms with Gasteiger partial charge in [-0.25, -0.2) is 0 Å². The van der Waals surface area contributed by atoms with Crippen LogP contribution in [-0.2, 0) is 11.3 Å². The highest BCUT2D eigenvalue weighted by Crippen LogP contribution is 2.37. The predicted octanol–water partition coefficient (Wildman–Crippen LogP) is 4.00. The molecule has 1 saturated heterocycles. The van der Waals surface area contributed by atoms with E-state index >= 15 is 0 Å². The highest BCUT2D eigenvalue weighted by Gasteiger charge is 2.37. The van der Waals surface area contributed by atoms with Crippen LogP contribution in [0.4, 0.5) is 0 Å². The number of nitrogens with one attached hydrogen (secondary N) is 1. The van der Waals surface area contributed by atoms with Crippen LogP contribution in [0.15, 0.2) is 24.3 Å². The minimum absolute atomic E-state index is 0.111. The topological polar surface area (TPSA) is 32.3 Å². The highest BCUT2D eigenvalue weighted by molar-refractivity contribution is 6.30. The van der Waals surface area contributed by atoms with Crippen molar-refractivity contribution in [3.05, 3.63) is 34.9 Å². The Morgan fingerprint density at radius 3 is 2.43 bits per heavy atom. The predicted molar refractivity (Wildman–Crippen MR) is 94.5 cm³/mol. The van der Waals surface area contributed by atoms with Gasteiger partial charge in [0, 0.05) is 36.1 Å². The maximum Gasteiger partial charge on any atom is 0.226 e. The smallest absolute Gasteiger partial charge is 0.226 e. The second-order valence-electron chi connectivity index (χ2n) is 7.42. The number of hydrogen-bond acceptors (Lipinski definition) is 2. The van der Waals surface area contributed by atoms with E-state index in [2.05, 4.69) is 29.3 Å². The minimum atomic E-state index is -0.111. The van der Waals surface area contributed by atoms with E-state index in [-0.39, 0.29) is 11.3 Å². The lowest BCUT2D eigenvalue weighted by Crippen LogP contribution is -2.48. The standard InChI is InChI=1S/C19H27ClN2O/c1-19(10-2-3-11-19)18(23)21-17-8-12-22(13-9-17)14-15-4-6-16(20)7-5-15/h4-7,17H,2-3,8-14H2,1H3,(H,21,23). The summed E-state index contributed by atoms with van der Waals surface area (Å²) < 4.78 is 0. The molecule has 1 aromatic rings. The molecule has 0 spiro atoms. The number of carbonyl (C=O) groups excluding carboxylic acids is 1. The van der Waals surface area contributed by atoms with Crippen LogP contribution < -0.4 is 5.32 Å². The number of amides is 1. The van der Waals surface area contributed by atoms with Crippen LogP contribution >= 0.6 is 11.6 Å². The molecule has 126 valence electrons. The summed E-state index contributed by atoms with van der Waals surface area (Å²) in [5.74, 6) is 0.283. The van der Waals surface area contributed by atoms with Gasteiger partial charge in [0.05, 0.1) is 0 Å². The number of likely N-dealkylation sites (tertiary alicyclic amines) is 1. The molecule has 2 aliphatic rings. The molecule has 0 aromatic heterocycles. The van der Waals surface area contributed by atoms with Crippen molar-refractivity contribution in [3.63, 3.8) is 0 Å². The van der Waals surface area contributed by atoms with Crippen LogP contribution in [0.1, 0.15) is 51.0 Å². The van der Waals surface area contributed by atoms with Crippen molar-refractivity contribution in [3.8, 4) is 0 Å². The molecule has 0 atom stereocenters. The van der Waals surface area contributed by atoms with E-state index in [4.69, 9.17) is 11.6 Å². The molecule has 0 bridgehead atoms. The Bertz CT molecular complexity index is 529. The van der Waals surface area contributed by atoms with Crippen molar-refractivity contribution >= 4 is 17.5 Å². The van der Waals surface area contributed by atoms with Crippen LogP contribution in [-0.4, -0.2) is 29.9 Å². The van der Waals surface area contributed by atoms with E-state index < -0.39 is 0 Å². The van der Waals surface area contributed by atoms with E-state index in [1.807, 2.05) is 12.1 Å². The van der Waals surface area contributed by atoms with Gasteiger partial charge in [0.1, 0.15) is 0 Å².